The zero-order chi connectivity index (χ0) is 27.4. The van der Waals surface area contributed by atoms with Gasteiger partial charge in [0.25, 0.3) is 11.6 Å². The van der Waals surface area contributed by atoms with E-state index in [9.17, 15) is 29.6 Å². The topological polar surface area (TPSA) is 140 Å². The number of esters is 1. The molecule has 10 nitrogen and oxygen atoms in total. The SMILES string of the molecule is C=CCOC(=O)c1sc(N2C(=O)C(O)=C(C(=O)C=Cc3ccccc3)C2c2cccc([N+](=O)[O-])c2)nc1C. The van der Waals surface area contributed by atoms with Crippen molar-refractivity contribution in [1.29, 1.82) is 0 Å². The van der Waals surface area contributed by atoms with Gasteiger partial charge in [-0.1, -0.05) is 72.5 Å². The Labute approximate surface area is 221 Å². The van der Waals surface area contributed by atoms with Gasteiger partial charge in [0.1, 0.15) is 11.5 Å². The number of aliphatic hydroxyl groups is 1. The van der Waals surface area contributed by atoms with Gasteiger partial charge in [0, 0.05) is 12.1 Å². The predicted molar refractivity (Wildman–Crippen MR) is 141 cm³/mol. The molecule has 1 amide bonds. The summed E-state index contributed by atoms with van der Waals surface area (Å²) in [5.41, 5.74) is 0.653. The van der Waals surface area contributed by atoms with E-state index in [-0.39, 0.29) is 39.1 Å². The minimum Gasteiger partial charge on any atom is -0.503 e. The molecule has 0 radical (unpaired) electrons. The molecule has 0 spiro atoms. The number of nitro groups is 1. The highest BCUT2D eigenvalue weighted by molar-refractivity contribution is 7.17. The lowest BCUT2D eigenvalue weighted by atomic mass is 9.95. The number of hydrogen-bond donors (Lipinski definition) is 1. The predicted octanol–water partition coefficient (Wildman–Crippen LogP) is 4.89. The molecule has 0 aliphatic carbocycles. The van der Waals surface area contributed by atoms with Crippen LogP contribution >= 0.6 is 11.3 Å². The van der Waals surface area contributed by atoms with Crippen LogP contribution < -0.4 is 4.90 Å². The summed E-state index contributed by atoms with van der Waals surface area (Å²) in [5.74, 6) is -3.09. The minimum atomic E-state index is -1.24. The third-order valence-electron chi connectivity index (χ3n) is 5.61. The second-order valence-electron chi connectivity index (χ2n) is 8.10. The Morgan fingerprint density at radius 1 is 1.24 bits per heavy atom. The molecular weight excluding hydrogens is 510 g/mol. The molecule has 1 aliphatic rings. The minimum absolute atomic E-state index is 0.0101. The Kier molecular flexibility index (Phi) is 7.58. The Bertz CT molecular complexity index is 1510. The standard InChI is InChI=1S/C27H21N3O7S/c1-3-14-37-26(34)24-16(2)28-27(38-24)29-22(18-10-7-11-19(15-18)30(35)36)21(23(32)25(29)33)20(31)13-12-17-8-5-4-6-9-17/h3-13,15,22,32H,1,14H2,2H3. The molecule has 192 valence electrons. The van der Waals surface area contributed by atoms with Crippen molar-refractivity contribution in [1.82, 2.24) is 4.98 Å². The van der Waals surface area contributed by atoms with E-state index >= 15 is 0 Å². The number of ether oxygens (including phenoxy) is 1. The maximum atomic E-state index is 13.3. The van der Waals surface area contributed by atoms with Gasteiger partial charge in [-0.2, -0.15) is 0 Å². The van der Waals surface area contributed by atoms with Crippen LogP contribution in [-0.4, -0.2) is 39.3 Å². The van der Waals surface area contributed by atoms with Crippen LogP contribution in [0.5, 0.6) is 0 Å². The van der Waals surface area contributed by atoms with Crippen LogP contribution in [0.15, 0.2) is 84.7 Å². The number of aliphatic hydroxyl groups excluding tert-OH is 1. The van der Waals surface area contributed by atoms with Crippen molar-refractivity contribution < 1.29 is 29.2 Å². The van der Waals surface area contributed by atoms with Crippen LogP contribution in [0.25, 0.3) is 6.08 Å². The van der Waals surface area contributed by atoms with Crippen LogP contribution in [0, 0.1) is 17.0 Å². The smallest absolute Gasteiger partial charge is 0.350 e. The van der Waals surface area contributed by atoms with Crippen molar-refractivity contribution in [3.8, 4) is 0 Å². The number of nitrogens with zero attached hydrogens (tertiary/aromatic N) is 3. The normalized spacial score (nSPS) is 15.2. The number of ketones is 1. The fourth-order valence-electron chi connectivity index (χ4n) is 3.88. The first-order valence-electron chi connectivity index (χ1n) is 11.3. The van der Waals surface area contributed by atoms with Crippen molar-refractivity contribution in [2.24, 2.45) is 0 Å². The number of allylic oxidation sites excluding steroid dienone is 1. The van der Waals surface area contributed by atoms with E-state index in [0.717, 1.165) is 16.2 Å². The molecule has 0 fully saturated rings. The summed E-state index contributed by atoms with van der Waals surface area (Å²) >= 11 is 0.838. The molecule has 38 heavy (non-hydrogen) atoms. The molecule has 11 heteroatoms. The number of amides is 1. The third-order valence-corrected chi connectivity index (χ3v) is 6.74. The van der Waals surface area contributed by atoms with E-state index in [1.54, 1.807) is 31.2 Å². The summed E-state index contributed by atoms with van der Waals surface area (Å²) in [5, 5.41) is 22.3. The number of anilines is 1. The number of hydrogen-bond acceptors (Lipinski definition) is 9. The molecule has 0 saturated heterocycles. The van der Waals surface area contributed by atoms with E-state index in [2.05, 4.69) is 11.6 Å². The number of carbonyl (C=O) groups is 3. The van der Waals surface area contributed by atoms with Gasteiger partial charge in [-0.25, -0.2) is 9.78 Å². The van der Waals surface area contributed by atoms with Crippen molar-refractivity contribution in [3.05, 3.63) is 116 Å². The van der Waals surface area contributed by atoms with Crippen LogP contribution in [0.2, 0.25) is 0 Å². The number of non-ortho nitro benzene ring substituents is 1. The first-order chi connectivity index (χ1) is 18.2. The van der Waals surface area contributed by atoms with Gasteiger partial charge < -0.3 is 9.84 Å². The van der Waals surface area contributed by atoms with Crippen molar-refractivity contribution in [3.63, 3.8) is 0 Å². The summed E-state index contributed by atoms with van der Waals surface area (Å²) in [6, 6.07) is 13.1. The zero-order valence-electron chi connectivity index (χ0n) is 20.1. The van der Waals surface area contributed by atoms with Gasteiger partial charge in [0.05, 0.1) is 22.2 Å². The van der Waals surface area contributed by atoms with Gasteiger partial charge in [-0.15, -0.1) is 0 Å². The molecule has 3 aromatic rings. The molecule has 0 bridgehead atoms. The quantitative estimate of drug-likeness (QED) is 0.135. The molecule has 1 aromatic heterocycles. The average Bonchev–Trinajstić information content (AvgIpc) is 3.43. The Balaban J connectivity index is 1.81. The Morgan fingerprint density at radius 3 is 2.66 bits per heavy atom. The maximum Gasteiger partial charge on any atom is 0.350 e. The van der Waals surface area contributed by atoms with E-state index < -0.39 is 34.4 Å². The summed E-state index contributed by atoms with van der Waals surface area (Å²) in [7, 11) is 0. The summed E-state index contributed by atoms with van der Waals surface area (Å²) in [4.78, 5) is 55.4. The molecule has 0 saturated carbocycles. The molecule has 2 aromatic carbocycles. The van der Waals surface area contributed by atoms with Crippen LogP contribution in [0.3, 0.4) is 0 Å². The van der Waals surface area contributed by atoms with Crippen molar-refractivity contribution in [2.75, 3.05) is 11.5 Å². The van der Waals surface area contributed by atoms with Gasteiger partial charge in [-0.05, 0) is 24.1 Å². The first kappa shape index (κ1) is 26.2. The third kappa shape index (κ3) is 5.13. The molecule has 4 rings (SSSR count). The fourth-order valence-corrected chi connectivity index (χ4v) is 4.87. The lowest BCUT2D eigenvalue weighted by molar-refractivity contribution is -0.384. The molecular formula is C27H21N3O7S. The monoisotopic (exact) mass is 531 g/mol. The van der Waals surface area contributed by atoms with Crippen molar-refractivity contribution >= 4 is 45.9 Å². The number of benzene rings is 2. The van der Waals surface area contributed by atoms with E-state index in [0.29, 0.717) is 5.56 Å². The number of aryl methyl sites for hydroxylation is 1. The largest absolute Gasteiger partial charge is 0.503 e. The number of thiazole rings is 1. The number of nitro benzene ring substituents is 1. The first-order valence-corrected chi connectivity index (χ1v) is 12.1. The molecule has 1 atom stereocenters. The number of rotatable bonds is 9. The highest BCUT2D eigenvalue weighted by atomic mass is 32.1. The molecule has 1 N–H and O–H groups in total. The zero-order valence-corrected chi connectivity index (χ0v) is 20.9. The maximum absolute atomic E-state index is 13.3. The fraction of sp³-hybridized carbons (Fsp3) is 0.111. The number of carbonyl (C=O) groups excluding carboxylic acids is 3. The second kappa shape index (κ2) is 11.0. The Morgan fingerprint density at radius 2 is 1.97 bits per heavy atom. The van der Waals surface area contributed by atoms with Crippen LogP contribution in [0.4, 0.5) is 10.8 Å². The highest BCUT2D eigenvalue weighted by Crippen LogP contribution is 2.43. The number of aromatic nitrogens is 1. The lowest BCUT2D eigenvalue weighted by Crippen LogP contribution is -2.30. The highest BCUT2D eigenvalue weighted by Gasteiger charge is 2.45. The van der Waals surface area contributed by atoms with Crippen molar-refractivity contribution in [2.45, 2.75) is 13.0 Å². The van der Waals surface area contributed by atoms with Gasteiger partial charge in [0.2, 0.25) is 0 Å². The lowest BCUT2D eigenvalue weighted by Gasteiger charge is -2.24. The van der Waals surface area contributed by atoms with Gasteiger partial charge in [0.15, 0.2) is 16.7 Å². The summed E-state index contributed by atoms with van der Waals surface area (Å²) in [6.07, 6.45) is 4.15. The van der Waals surface area contributed by atoms with Crippen LogP contribution in [-0.2, 0) is 14.3 Å². The summed E-state index contributed by atoms with van der Waals surface area (Å²) < 4.78 is 5.08. The van der Waals surface area contributed by atoms with E-state index in [1.165, 1.54) is 42.5 Å². The molecule has 2 heterocycles. The molecule has 1 unspecified atom stereocenters. The Hall–Kier alpha value is -4.90. The van der Waals surface area contributed by atoms with Crippen LogP contribution in [0.1, 0.15) is 32.5 Å². The summed E-state index contributed by atoms with van der Waals surface area (Å²) in [6.45, 7) is 5.02. The van der Waals surface area contributed by atoms with E-state index in [1.807, 2.05) is 6.07 Å². The molecule has 1 aliphatic heterocycles. The van der Waals surface area contributed by atoms with Gasteiger partial charge in [-0.3, -0.25) is 24.6 Å². The van der Waals surface area contributed by atoms with E-state index in [4.69, 9.17) is 4.74 Å². The average molecular weight is 532 g/mol. The second-order valence-corrected chi connectivity index (χ2v) is 9.08. The van der Waals surface area contributed by atoms with Gasteiger partial charge >= 0.3 is 5.97 Å².